The Labute approximate surface area is 135 Å². The lowest BCUT2D eigenvalue weighted by Gasteiger charge is -2.48. The Kier molecular flexibility index (Phi) is 4.09. The Morgan fingerprint density at radius 3 is 2.61 bits per heavy atom. The second-order valence-electron chi connectivity index (χ2n) is 5.88. The van der Waals surface area contributed by atoms with Crippen molar-refractivity contribution < 1.29 is 21.6 Å². The zero-order valence-electron chi connectivity index (χ0n) is 12.8. The van der Waals surface area contributed by atoms with Gasteiger partial charge in [0, 0.05) is 31.4 Å². The molecule has 8 nitrogen and oxygen atoms in total. The van der Waals surface area contributed by atoms with E-state index >= 15 is 0 Å². The Morgan fingerprint density at radius 1 is 1.35 bits per heavy atom. The molecule has 3 heterocycles. The van der Waals surface area contributed by atoms with Crippen molar-refractivity contribution in [3.63, 3.8) is 0 Å². The molecule has 0 bridgehead atoms. The van der Waals surface area contributed by atoms with Crippen molar-refractivity contribution in [3.8, 4) is 6.01 Å². The second kappa shape index (κ2) is 5.67. The van der Waals surface area contributed by atoms with Gasteiger partial charge in [-0.3, -0.25) is 0 Å². The van der Waals surface area contributed by atoms with Crippen molar-refractivity contribution in [2.45, 2.75) is 18.1 Å². The molecule has 1 unspecified atom stereocenters. The van der Waals surface area contributed by atoms with Gasteiger partial charge in [0.15, 0.2) is 9.84 Å². The van der Waals surface area contributed by atoms with E-state index in [-0.39, 0.29) is 43.1 Å². The van der Waals surface area contributed by atoms with E-state index in [9.17, 15) is 16.8 Å². The zero-order valence-corrected chi connectivity index (χ0v) is 14.4. The smallest absolute Gasteiger partial charge is 0.316 e. The molecule has 2 fully saturated rings. The fraction of sp³-hybridized carbons (Fsp3) is 0.692. The van der Waals surface area contributed by atoms with Crippen LogP contribution < -0.4 is 4.74 Å². The summed E-state index contributed by atoms with van der Waals surface area (Å²) in [5.41, 5.74) is 0. The Hall–Kier alpha value is -1.26. The van der Waals surface area contributed by atoms with Crippen LogP contribution in [0.4, 0.5) is 0 Å². The third kappa shape index (κ3) is 2.72. The molecular formula is C13H19N3O5S2. The Bertz CT molecular complexity index is 773. The SMILES string of the molecule is CCS(=O)(=O)N1CC2(C1)C(COc1ncccn1)CCS2(=O)=O. The lowest BCUT2D eigenvalue weighted by Crippen LogP contribution is -2.69. The number of aromatic nitrogens is 2. The fourth-order valence-corrected chi connectivity index (χ4v) is 6.96. The van der Waals surface area contributed by atoms with Crippen LogP contribution in [0.25, 0.3) is 0 Å². The van der Waals surface area contributed by atoms with Gasteiger partial charge in [-0.25, -0.2) is 26.8 Å². The summed E-state index contributed by atoms with van der Waals surface area (Å²) in [6.07, 6.45) is 3.56. The van der Waals surface area contributed by atoms with E-state index in [1.54, 1.807) is 25.4 Å². The van der Waals surface area contributed by atoms with Crippen LogP contribution in [0, 0.1) is 5.92 Å². The lowest BCUT2D eigenvalue weighted by atomic mass is 9.85. The first-order valence-electron chi connectivity index (χ1n) is 7.41. The molecule has 128 valence electrons. The van der Waals surface area contributed by atoms with Crippen LogP contribution in [0.5, 0.6) is 6.01 Å². The maximum Gasteiger partial charge on any atom is 0.316 e. The minimum Gasteiger partial charge on any atom is -0.463 e. The molecule has 1 aromatic heterocycles. The molecule has 0 radical (unpaired) electrons. The number of ether oxygens (including phenoxy) is 1. The molecule has 0 N–H and O–H groups in total. The molecule has 2 aliphatic heterocycles. The van der Waals surface area contributed by atoms with E-state index < -0.39 is 24.6 Å². The van der Waals surface area contributed by atoms with Crippen LogP contribution in [0.15, 0.2) is 18.5 Å². The summed E-state index contributed by atoms with van der Waals surface area (Å²) in [4.78, 5) is 7.89. The third-order valence-electron chi connectivity index (χ3n) is 4.70. The molecule has 1 atom stereocenters. The van der Waals surface area contributed by atoms with E-state index in [1.165, 1.54) is 4.31 Å². The summed E-state index contributed by atoms with van der Waals surface area (Å²) in [6.45, 7) is 1.77. The lowest BCUT2D eigenvalue weighted by molar-refractivity contribution is 0.121. The van der Waals surface area contributed by atoms with E-state index in [1.807, 2.05) is 0 Å². The summed E-state index contributed by atoms with van der Waals surface area (Å²) in [5.74, 6) is -0.210. The predicted molar refractivity (Wildman–Crippen MR) is 83.2 cm³/mol. The highest BCUT2D eigenvalue weighted by molar-refractivity contribution is 7.93. The molecule has 23 heavy (non-hydrogen) atoms. The number of hydrogen-bond acceptors (Lipinski definition) is 7. The molecule has 0 saturated carbocycles. The standard InChI is InChI=1S/C13H19N3O5S2/c1-2-23(19,20)16-9-13(10-16)11(4-7-22(13,17)18)8-21-12-14-5-3-6-15-12/h3,5-6,11H,2,4,7-10H2,1H3. The third-order valence-corrected chi connectivity index (χ3v) is 9.08. The molecule has 0 aliphatic carbocycles. The fourth-order valence-electron chi connectivity index (χ4n) is 3.17. The van der Waals surface area contributed by atoms with Crippen LogP contribution in [0.2, 0.25) is 0 Å². The number of nitrogens with zero attached hydrogens (tertiary/aromatic N) is 3. The first kappa shape index (κ1) is 16.6. The Balaban J connectivity index is 1.74. The summed E-state index contributed by atoms with van der Waals surface area (Å²) in [7, 11) is -6.69. The molecule has 2 aliphatic rings. The highest BCUT2D eigenvalue weighted by Gasteiger charge is 2.63. The molecule has 1 aromatic rings. The highest BCUT2D eigenvalue weighted by Crippen LogP contribution is 2.45. The quantitative estimate of drug-likeness (QED) is 0.708. The maximum absolute atomic E-state index is 12.4. The molecule has 10 heteroatoms. The molecule has 3 rings (SSSR count). The van der Waals surface area contributed by atoms with Crippen molar-refractivity contribution in [3.05, 3.63) is 18.5 Å². The van der Waals surface area contributed by atoms with Crippen LogP contribution in [-0.2, 0) is 19.9 Å². The Morgan fingerprint density at radius 2 is 2.00 bits per heavy atom. The van der Waals surface area contributed by atoms with Gasteiger partial charge in [0.1, 0.15) is 4.75 Å². The van der Waals surface area contributed by atoms with Crippen molar-refractivity contribution in [2.24, 2.45) is 5.92 Å². The van der Waals surface area contributed by atoms with Crippen LogP contribution in [0.1, 0.15) is 13.3 Å². The van der Waals surface area contributed by atoms with Gasteiger partial charge in [-0.1, -0.05) is 0 Å². The van der Waals surface area contributed by atoms with Gasteiger partial charge in [0.05, 0.1) is 18.1 Å². The van der Waals surface area contributed by atoms with Crippen LogP contribution in [0.3, 0.4) is 0 Å². The number of hydrogen-bond donors (Lipinski definition) is 0. The number of rotatable bonds is 5. The largest absolute Gasteiger partial charge is 0.463 e. The van der Waals surface area contributed by atoms with Crippen molar-refractivity contribution in [1.82, 2.24) is 14.3 Å². The average molecular weight is 361 g/mol. The number of sulfonamides is 1. The monoisotopic (exact) mass is 361 g/mol. The summed E-state index contributed by atoms with van der Waals surface area (Å²) < 4.78 is 54.4. The minimum absolute atomic E-state index is 0.0230. The van der Waals surface area contributed by atoms with Gasteiger partial charge in [0.2, 0.25) is 10.0 Å². The first-order valence-corrected chi connectivity index (χ1v) is 10.7. The first-order chi connectivity index (χ1) is 10.8. The van der Waals surface area contributed by atoms with Gasteiger partial charge in [-0.15, -0.1) is 0 Å². The average Bonchev–Trinajstić information content (AvgIpc) is 2.75. The van der Waals surface area contributed by atoms with Gasteiger partial charge in [0.25, 0.3) is 0 Å². The second-order valence-corrected chi connectivity index (χ2v) is 10.6. The normalized spacial score (nSPS) is 26.0. The van der Waals surface area contributed by atoms with Gasteiger partial charge in [-0.2, -0.15) is 4.31 Å². The molecule has 2 saturated heterocycles. The molecule has 0 amide bonds. The summed E-state index contributed by atoms with van der Waals surface area (Å²) in [5, 5.41) is 0. The van der Waals surface area contributed by atoms with Gasteiger partial charge < -0.3 is 4.74 Å². The van der Waals surface area contributed by atoms with Crippen molar-refractivity contribution in [2.75, 3.05) is 31.2 Å². The van der Waals surface area contributed by atoms with E-state index in [0.717, 1.165) is 0 Å². The summed E-state index contributed by atoms with van der Waals surface area (Å²) >= 11 is 0. The molecular weight excluding hydrogens is 342 g/mol. The molecule has 0 aromatic carbocycles. The predicted octanol–water partition coefficient (Wildman–Crippen LogP) is -0.306. The topological polar surface area (TPSA) is 107 Å². The maximum atomic E-state index is 12.4. The summed E-state index contributed by atoms with van der Waals surface area (Å²) in [6, 6.07) is 1.86. The zero-order chi connectivity index (χ0) is 16.7. The van der Waals surface area contributed by atoms with Crippen LogP contribution in [-0.4, -0.2) is 67.1 Å². The van der Waals surface area contributed by atoms with Crippen LogP contribution >= 0.6 is 0 Å². The minimum atomic E-state index is -3.36. The van der Waals surface area contributed by atoms with E-state index in [2.05, 4.69) is 9.97 Å². The number of sulfone groups is 1. The van der Waals surface area contributed by atoms with Gasteiger partial charge >= 0.3 is 6.01 Å². The highest BCUT2D eigenvalue weighted by atomic mass is 32.2. The van der Waals surface area contributed by atoms with E-state index in [0.29, 0.717) is 6.42 Å². The molecule has 1 spiro atoms. The van der Waals surface area contributed by atoms with Gasteiger partial charge in [-0.05, 0) is 19.4 Å². The van der Waals surface area contributed by atoms with Crippen molar-refractivity contribution >= 4 is 19.9 Å². The van der Waals surface area contributed by atoms with Crippen molar-refractivity contribution in [1.29, 1.82) is 0 Å². The van der Waals surface area contributed by atoms with E-state index in [4.69, 9.17) is 4.74 Å².